The van der Waals surface area contributed by atoms with Gasteiger partial charge in [0.15, 0.2) is 0 Å². The lowest BCUT2D eigenvalue weighted by Gasteiger charge is -2.36. The van der Waals surface area contributed by atoms with E-state index in [1.807, 2.05) is 53.1 Å². The Balaban J connectivity index is 1.46. The van der Waals surface area contributed by atoms with Gasteiger partial charge in [0.25, 0.3) is 0 Å². The Hall–Kier alpha value is -3.25. The van der Waals surface area contributed by atoms with Crippen molar-refractivity contribution in [3.8, 4) is 16.5 Å². The molecule has 2 heterocycles. The summed E-state index contributed by atoms with van der Waals surface area (Å²) in [5.74, 6) is -0.861. The van der Waals surface area contributed by atoms with Crippen molar-refractivity contribution in [2.75, 3.05) is 6.54 Å². The topological polar surface area (TPSA) is 115 Å². The molecule has 9 heteroatoms. The van der Waals surface area contributed by atoms with Crippen LogP contribution in [-0.2, 0) is 14.4 Å². The van der Waals surface area contributed by atoms with Gasteiger partial charge in [0, 0.05) is 6.54 Å². The third-order valence-electron chi connectivity index (χ3n) is 7.73. The van der Waals surface area contributed by atoms with Gasteiger partial charge in [-0.2, -0.15) is 5.26 Å². The molecule has 3 amide bonds. The Morgan fingerprint density at radius 3 is 2.47 bits per heavy atom. The predicted molar refractivity (Wildman–Crippen MR) is 147 cm³/mol. The van der Waals surface area contributed by atoms with Crippen LogP contribution in [0.5, 0.6) is 0 Å². The third kappa shape index (κ3) is 5.46. The van der Waals surface area contributed by atoms with Gasteiger partial charge in [-0.05, 0) is 68.6 Å². The van der Waals surface area contributed by atoms with Gasteiger partial charge in [0.2, 0.25) is 17.7 Å². The standard InChI is InChI=1S/C29H37N5O3S/c1-17-14-20(23-19(3)31-16-38-23)9-10-21(17)18(2)32-25(35)22-8-7-13-34(22)26(36)24(28(4,5)6)33-27(37)29(15-30)11-12-29/h9-10,14,16,18,22,24H,7-8,11-13H2,1-6H3,(H,32,35)(H,33,37)/t18-,22?,24?/m0/s1. The lowest BCUT2D eigenvalue weighted by Crippen LogP contribution is -2.58. The quantitative estimate of drug-likeness (QED) is 0.544. The van der Waals surface area contributed by atoms with E-state index in [9.17, 15) is 19.6 Å². The largest absolute Gasteiger partial charge is 0.348 e. The van der Waals surface area contributed by atoms with E-state index < -0.39 is 28.8 Å². The molecule has 1 saturated carbocycles. The fraction of sp³-hybridized carbons (Fsp3) is 0.552. The highest BCUT2D eigenvalue weighted by Gasteiger charge is 2.53. The van der Waals surface area contributed by atoms with Crippen LogP contribution in [0, 0.1) is 36.0 Å². The summed E-state index contributed by atoms with van der Waals surface area (Å²) < 4.78 is 0. The number of nitrogens with one attached hydrogen (secondary N) is 2. The molecular formula is C29H37N5O3S. The number of likely N-dealkylation sites (tertiary alicyclic amines) is 1. The monoisotopic (exact) mass is 535 g/mol. The molecule has 4 rings (SSSR count). The van der Waals surface area contributed by atoms with E-state index in [0.717, 1.165) is 27.3 Å². The molecule has 3 atom stereocenters. The van der Waals surface area contributed by atoms with Gasteiger partial charge < -0.3 is 15.5 Å². The lowest BCUT2D eigenvalue weighted by atomic mass is 9.85. The first-order valence-electron chi connectivity index (χ1n) is 13.2. The molecule has 2 aromatic rings. The summed E-state index contributed by atoms with van der Waals surface area (Å²) in [5.41, 5.74) is 4.44. The maximum absolute atomic E-state index is 13.7. The number of benzene rings is 1. The summed E-state index contributed by atoms with van der Waals surface area (Å²) in [6.45, 7) is 12.1. The first-order chi connectivity index (χ1) is 17.9. The molecule has 2 fully saturated rings. The number of thiazole rings is 1. The zero-order valence-corrected chi connectivity index (χ0v) is 23.9. The van der Waals surface area contributed by atoms with E-state index in [0.29, 0.717) is 32.2 Å². The van der Waals surface area contributed by atoms with Crippen LogP contribution in [0.25, 0.3) is 10.4 Å². The molecule has 1 aromatic carbocycles. The average Bonchev–Trinajstić information content (AvgIpc) is 3.28. The summed E-state index contributed by atoms with van der Waals surface area (Å²) in [7, 11) is 0. The summed E-state index contributed by atoms with van der Waals surface area (Å²) in [5, 5.41) is 15.4. The first-order valence-corrected chi connectivity index (χ1v) is 14.1. The van der Waals surface area contributed by atoms with Crippen LogP contribution in [0.15, 0.2) is 23.7 Å². The molecule has 2 aliphatic rings. The molecule has 0 bridgehead atoms. The number of rotatable bonds is 7. The van der Waals surface area contributed by atoms with Crippen LogP contribution in [0.4, 0.5) is 0 Å². The smallest absolute Gasteiger partial charge is 0.246 e. The second kappa shape index (κ2) is 10.5. The number of carbonyl (C=O) groups is 3. The zero-order valence-electron chi connectivity index (χ0n) is 23.1. The second-order valence-electron chi connectivity index (χ2n) is 11.7. The first kappa shape index (κ1) is 27.8. The summed E-state index contributed by atoms with van der Waals surface area (Å²) in [4.78, 5) is 47.0. The molecule has 2 unspecified atom stereocenters. The van der Waals surface area contributed by atoms with Crippen molar-refractivity contribution in [1.29, 1.82) is 5.26 Å². The number of aromatic nitrogens is 1. The molecule has 2 N–H and O–H groups in total. The van der Waals surface area contributed by atoms with E-state index in [4.69, 9.17) is 0 Å². The normalized spacial score (nSPS) is 19.8. The Kier molecular flexibility index (Phi) is 7.67. The van der Waals surface area contributed by atoms with Crippen LogP contribution in [0.2, 0.25) is 0 Å². The molecule has 38 heavy (non-hydrogen) atoms. The van der Waals surface area contributed by atoms with Crippen molar-refractivity contribution >= 4 is 29.1 Å². The maximum Gasteiger partial charge on any atom is 0.246 e. The summed E-state index contributed by atoms with van der Waals surface area (Å²) in [6.07, 6.45) is 2.31. The molecular weight excluding hydrogens is 498 g/mol. The minimum atomic E-state index is -1.02. The second-order valence-corrected chi connectivity index (χ2v) is 12.6. The van der Waals surface area contributed by atoms with E-state index in [1.54, 1.807) is 16.2 Å². The Morgan fingerprint density at radius 1 is 1.21 bits per heavy atom. The van der Waals surface area contributed by atoms with Gasteiger partial charge in [0.05, 0.1) is 28.2 Å². The van der Waals surface area contributed by atoms with E-state index in [-0.39, 0.29) is 17.9 Å². The molecule has 1 aromatic heterocycles. The van der Waals surface area contributed by atoms with Crippen molar-refractivity contribution < 1.29 is 14.4 Å². The summed E-state index contributed by atoms with van der Waals surface area (Å²) in [6, 6.07) is 6.66. The SMILES string of the molecule is Cc1cc(-c2scnc2C)ccc1[C@H](C)NC(=O)C1CCCN1C(=O)C(NC(=O)C1(C#N)CC1)C(C)(C)C. The van der Waals surface area contributed by atoms with Crippen LogP contribution in [0.3, 0.4) is 0 Å². The van der Waals surface area contributed by atoms with Gasteiger partial charge in [-0.25, -0.2) is 4.98 Å². The highest BCUT2D eigenvalue weighted by Crippen LogP contribution is 2.45. The Bertz CT molecular complexity index is 1280. The number of carbonyl (C=O) groups excluding carboxylic acids is 3. The number of nitrogens with zero attached hydrogens (tertiary/aromatic N) is 3. The molecule has 8 nitrogen and oxygen atoms in total. The highest BCUT2D eigenvalue weighted by atomic mass is 32.1. The van der Waals surface area contributed by atoms with E-state index >= 15 is 0 Å². The Labute approximate surface area is 228 Å². The van der Waals surface area contributed by atoms with Crippen molar-refractivity contribution in [3.05, 3.63) is 40.5 Å². The minimum Gasteiger partial charge on any atom is -0.348 e. The number of hydrogen-bond acceptors (Lipinski definition) is 6. The fourth-order valence-corrected chi connectivity index (χ4v) is 5.97. The molecule has 1 saturated heterocycles. The van der Waals surface area contributed by atoms with E-state index in [2.05, 4.69) is 33.8 Å². The molecule has 0 spiro atoms. The minimum absolute atomic E-state index is 0.195. The predicted octanol–water partition coefficient (Wildman–Crippen LogP) is 4.43. The van der Waals surface area contributed by atoms with E-state index in [1.165, 1.54) is 0 Å². The van der Waals surface area contributed by atoms with Gasteiger partial charge in [-0.15, -0.1) is 11.3 Å². The molecule has 1 aliphatic heterocycles. The third-order valence-corrected chi connectivity index (χ3v) is 8.71. The number of nitriles is 1. The van der Waals surface area contributed by atoms with Crippen LogP contribution < -0.4 is 10.6 Å². The molecule has 202 valence electrons. The van der Waals surface area contributed by atoms with Gasteiger partial charge in [-0.1, -0.05) is 39.0 Å². The van der Waals surface area contributed by atoms with Gasteiger partial charge >= 0.3 is 0 Å². The van der Waals surface area contributed by atoms with Gasteiger partial charge in [0.1, 0.15) is 17.5 Å². The fourth-order valence-electron chi connectivity index (χ4n) is 5.17. The zero-order chi connectivity index (χ0) is 27.8. The Morgan fingerprint density at radius 2 is 1.92 bits per heavy atom. The van der Waals surface area contributed by atoms with Crippen LogP contribution in [-0.4, -0.2) is 46.2 Å². The maximum atomic E-state index is 13.7. The number of amides is 3. The van der Waals surface area contributed by atoms with Crippen molar-refractivity contribution in [2.45, 2.75) is 85.4 Å². The van der Waals surface area contributed by atoms with Gasteiger partial charge in [-0.3, -0.25) is 14.4 Å². The number of aryl methyl sites for hydroxylation is 2. The molecule has 1 aliphatic carbocycles. The van der Waals surface area contributed by atoms with Crippen molar-refractivity contribution in [2.24, 2.45) is 10.8 Å². The van der Waals surface area contributed by atoms with Crippen molar-refractivity contribution in [1.82, 2.24) is 20.5 Å². The lowest BCUT2D eigenvalue weighted by molar-refractivity contribution is -0.144. The van der Waals surface area contributed by atoms with Crippen LogP contribution >= 0.6 is 11.3 Å². The highest BCUT2D eigenvalue weighted by molar-refractivity contribution is 7.13. The van der Waals surface area contributed by atoms with Crippen molar-refractivity contribution in [3.63, 3.8) is 0 Å². The molecule has 0 radical (unpaired) electrons. The van der Waals surface area contributed by atoms with Crippen LogP contribution in [0.1, 0.15) is 76.2 Å². The number of hydrogen-bond donors (Lipinski definition) is 2. The summed E-state index contributed by atoms with van der Waals surface area (Å²) >= 11 is 1.61. The average molecular weight is 536 g/mol.